The molecule has 0 amide bonds. The standard InChI is InChI=1S/C13H23N3S/c1-5-8-16(9-10-6-7-10)12-14-11(15-17-12)13(2,3)4/h10H,5-9H2,1-4H3. The molecule has 1 aromatic rings. The van der Waals surface area contributed by atoms with Crippen LogP contribution in [0.25, 0.3) is 0 Å². The maximum atomic E-state index is 4.71. The Hall–Kier alpha value is -0.640. The first-order chi connectivity index (χ1) is 8.00. The lowest BCUT2D eigenvalue weighted by Crippen LogP contribution is -2.26. The summed E-state index contributed by atoms with van der Waals surface area (Å²) in [5, 5.41) is 1.11. The van der Waals surface area contributed by atoms with E-state index in [1.807, 2.05) is 0 Å². The van der Waals surface area contributed by atoms with Crippen molar-refractivity contribution in [2.45, 2.75) is 52.4 Å². The van der Waals surface area contributed by atoms with Gasteiger partial charge in [-0.25, -0.2) is 4.98 Å². The molecule has 1 saturated carbocycles. The zero-order chi connectivity index (χ0) is 12.5. The van der Waals surface area contributed by atoms with Crippen molar-refractivity contribution in [3.8, 4) is 0 Å². The molecule has 1 heterocycles. The van der Waals surface area contributed by atoms with Crippen LogP contribution in [-0.4, -0.2) is 22.4 Å². The molecular weight excluding hydrogens is 230 g/mol. The van der Waals surface area contributed by atoms with Crippen LogP contribution in [0.1, 0.15) is 52.8 Å². The molecule has 0 atom stereocenters. The minimum atomic E-state index is 0.0617. The summed E-state index contributed by atoms with van der Waals surface area (Å²) in [4.78, 5) is 7.14. The molecular formula is C13H23N3S. The molecule has 0 aromatic carbocycles. The van der Waals surface area contributed by atoms with Gasteiger partial charge in [-0.3, -0.25) is 0 Å². The van der Waals surface area contributed by atoms with Crippen LogP contribution in [0.15, 0.2) is 0 Å². The Morgan fingerprint density at radius 3 is 2.53 bits per heavy atom. The van der Waals surface area contributed by atoms with Gasteiger partial charge in [-0.1, -0.05) is 27.7 Å². The third kappa shape index (κ3) is 3.41. The van der Waals surface area contributed by atoms with E-state index in [0.717, 1.165) is 23.4 Å². The monoisotopic (exact) mass is 253 g/mol. The molecule has 0 aliphatic heterocycles. The number of hydrogen-bond donors (Lipinski definition) is 0. The summed E-state index contributed by atoms with van der Waals surface area (Å²) >= 11 is 1.56. The van der Waals surface area contributed by atoms with Crippen molar-refractivity contribution in [1.82, 2.24) is 9.36 Å². The van der Waals surface area contributed by atoms with Gasteiger partial charge in [0.15, 0.2) is 0 Å². The lowest BCUT2D eigenvalue weighted by Gasteiger charge is -2.20. The number of anilines is 1. The summed E-state index contributed by atoms with van der Waals surface area (Å²) in [6.45, 7) is 11.0. The average molecular weight is 253 g/mol. The molecule has 17 heavy (non-hydrogen) atoms. The molecule has 2 rings (SSSR count). The summed E-state index contributed by atoms with van der Waals surface area (Å²) in [5.41, 5.74) is 0.0617. The summed E-state index contributed by atoms with van der Waals surface area (Å²) in [7, 11) is 0. The van der Waals surface area contributed by atoms with Gasteiger partial charge in [0, 0.05) is 30.0 Å². The van der Waals surface area contributed by atoms with Gasteiger partial charge in [0.25, 0.3) is 0 Å². The fraction of sp³-hybridized carbons (Fsp3) is 0.846. The van der Waals surface area contributed by atoms with Crippen LogP contribution in [-0.2, 0) is 5.41 Å². The van der Waals surface area contributed by atoms with E-state index in [9.17, 15) is 0 Å². The number of hydrogen-bond acceptors (Lipinski definition) is 4. The molecule has 0 radical (unpaired) electrons. The largest absolute Gasteiger partial charge is 0.347 e. The molecule has 0 saturated heterocycles. The van der Waals surface area contributed by atoms with Crippen LogP contribution in [0.3, 0.4) is 0 Å². The van der Waals surface area contributed by atoms with E-state index < -0.39 is 0 Å². The molecule has 3 nitrogen and oxygen atoms in total. The second kappa shape index (κ2) is 4.92. The average Bonchev–Trinajstić information content (AvgIpc) is 2.91. The second-order valence-corrected chi connectivity index (χ2v) is 6.77. The van der Waals surface area contributed by atoms with E-state index >= 15 is 0 Å². The Balaban J connectivity index is 2.08. The Bertz CT molecular complexity index is 363. The third-order valence-corrected chi connectivity index (χ3v) is 3.80. The first-order valence-corrected chi connectivity index (χ1v) is 7.37. The molecule has 1 aromatic heterocycles. The highest BCUT2D eigenvalue weighted by Gasteiger charge is 2.27. The first kappa shape index (κ1) is 12.8. The lowest BCUT2D eigenvalue weighted by atomic mass is 9.96. The molecule has 0 spiro atoms. The quantitative estimate of drug-likeness (QED) is 0.804. The zero-order valence-electron chi connectivity index (χ0n) is 11.4. The lowest BCUT2D eigenvalue weighted by molar-refractivity contribution is 0.553. The Morgan fingerprint density at radius 2 is 2.06 bits per heavy atom. The van der Waals surface area contributed by atoms with E-state index in [0.29, 0.717) is 0 Å². The number of rotatable bonds is 5. The highest BCUT2D eigenvalue weighted by molar-refractivity contribution is 7.09. The Labute approximate surface area is 108 Å². The van der Waals surface area contributed by atoms with Gasteiger partial charge < -0.3 is 4.90 Å². The van der Waals surface area contributed by atoms with Crippen molar-refractivity contribution in [3.05, 3.63) is 5.82 Å². The fourth-order valence-electron chi connectivity index (χ4n) is 1.80. The third-order valence-electron chi connectivity index (χ3n) is 3.03. The van der Waals surface area contributed by atoms with Gasteiger partial charge in [-0.15, -0.1) is 0 Å². The fourth-order valence-corrected chi connectivity index (χ4v) is 2.69. The molecule has 0 unspecified atom stereocenters. The van der Waals surface area contributed by atoms with Gasteiger partial charge in [-0.2, -0.15) is 4.37 Å². The summed E-state index contributed by atoms with van der Waals surface area (Å²) in [6.07, 6.45) is 3.97. The minimum Gasteiger partial charge on any atom is -0.347 e. The highest BCUT2D eigenvalue weighted by atomic mass is 32.1. The van der Waals surface area contributed by atoms with Crippen molar-refractivity contribution < 1.29 is 0 Å². The van der Waals surface area contributed by atoms with E-state index in [2.05, 4.69) is 37.0 Å². The minimum absolute atomic E-state index is 0.0617. The highest BCUT2D eigenvalue weighted by Crippen LogP contribution is 2.33. The molecule has 1 aliphatic carbocycles. The Morgan fingerprint density at radius 1 is 1.35 bits per heavy atom. The van der Waals surface area contributed by atoms with Crippen molar-refractivity contribution in [3.63, 3.8) is 0 Å². The van der Waals surface area contributed by atoms with E-state index in [4.69, 9.17) is 4.98 Å². The molecule has 96 valence electrons. The predicted octanol–water partition coefficient (Wildman–Crippen LogP) is 3.46. The van der Waals surface area contributed by atoms with Gasteiger partial charge in [0.2, 0.25) is 5.13 Å². The van der Waals surface area contributed by atoms with Gasteiger partial charge in [-0.05, 0) is 25.2 Å². The summed E-state index contributed by atoms with van der Waals surface area (Å²) in [6, 6.07) is 0. The maximum Gasteiger partial charge on any atom is 0.205 e. The molecule has 0 N–H and O–H groups in total. The van der Waals surface area contributed by atoms with Crippen LogP contribution in [0, 0.1) is 5.92 Å². The Kier molecular flexibility index (Phi) is 3.71. The zero-order valence-corrected chi connectivity index (χ0v) is 12.2. The van der Waals surface area contributed by atoms with Crippen molar-refractivity contribution in [2.75, 3.05) is 18.0 Å². The normalized spacial score (nSPS) is 16.2. The van der Waals surface area contributed by atoms with Crippen molar-refractivity contribution in [1.29, 1.82) is 0 Å². The predicted molar refractivity (Wildman–Crippen MR) is 73.8 cm³/mol. The summed E-state index contributed by atoms with van der Waals surface area (Å²) < 4.78 is 4.51. The van der Waals surface area contributed by atoms with Crippen LogP contribution in [0.2, 0.25) is 0 Å². The summed E-state index contributed by atoms with van der Waals surface area (Å²) in [5.74, 6) is 1.89. The van der Waals surface area contributed by atoms with Crippen molar-refractivity contribution >= 4 is 16.7 Å². The smallest absolute Gasteiger partial charge is 0.205 e. The van der Waals surface area contributed by atoms with E-state index in [1.165, 1.54) is 25.8 Å². The topological polar surface area (TPSA) is 29.0 Å². The maximum absolute atomic E-state index is 4.71. The first-order valence-electron chi connectivity index (χ1n) is 6.60. The van der Waals surface area contributed by atoms with Crippen LogP contribution in [0.5, 0.6) is 0 Å². The van der Waals surface area contributed by atoms with Crippen molar-refractivity contribution in [2.24, 2.45) is 5.92 Å². The number of nitrogens with zero attached hydrogens (tertiary/aromatic N) is 3. The van der Waals surface area contributed by atoms with Gasteiger partial charge >= 0.3 is 0 Å². The van der Waals surface area contributed by atoms with Crippen LogP contribution >= 0.6 is 11.5 Å². The molecule has 1 aliphatic rings. The van der Waals surface area contributed by atoms with Crippen LogP contribution in [0.4, 0.5) is 5.13 Å². The van der Waals surface area contributed by atoms with Gasteiger partial charge in [0.05, 0.1) is 0 Å². The van der Waals surface area contributed by atoms with Gasteiger partial charge in [0.1, 0.15) is 5.82 Å². The molecule has 0 bridgehead atoms. The number of aromatic nitrogens is 2. The van der Waals surface area contributed by atoms with Crippen LogP contribution < -0.4 is 4.90 Å². The van der Waals surface area contributed by atoms with E-state index in [-0.39, 0.29) is 5.41 Å². The second-order valence-electron chi connectivity index (χ2n) is 6.04. The van der Waals surface area contributed by atoms with E-state index in [1.54, 1.807) is 11.5 Å². The molecule has 4 heteroatoms. The SMILES string of the molecule is CCCN(CC1CC1)c1nc(C(C)(C)C)ns1. The molecule has 1 fully saturated rings.